The molecule has 1 heterocycles. The molecule has 0 aromatic carbocycles. The lowest BCUT2D eigenvalue weighted by Crippen LogP contribution is -2.55. The Bertz CT molecular complexity index is 111. The molecule has 0 atom stereocenters. The van der Waals surface area contributed by atoms with Crippen LogP contribution in [0.1, 0.15) is 40.5 Å². The van der Waals surface area contributed by atoms with Gasteiger partial charge in [0.1, 0.15) is 0 Å². The summed E-state index contributed by atoms with van der Waals surface area (Å²) in [7, 11) is 0. The van der Waals surface area contributed by atoms with Crippen LogP contribution in [0.4, 0.5) is 0 Å². The van der Waals surface area contributed by atoms with Crippen LogP contribution in [-0.2, 0) is 0 Å². The molecule has 10 heavy (non-hydrogen) atoms. The zero-order chi connectivity index (χ0) is 7.83. The Labute approximate surface area is 64.2 Å². The number of piperidine rings is 1. The predicted octanol–water partition coefficient (Wildman–Crippen LogP) is 2.13. The standard InChI is InChI=1S/C9H18N/c1-8(2)6-5-7-9(3,4)10-8/h6,10H,5,7H2,1-4H3. The van der Waals surface area contributed by atoms with Gasteiger partial charge < -0.3 is 5.32 Å². The van der Waals surface area contributed by atoms with Crippen LogP contribution in [0.15, 0.2) is 0 Å². The van der Waals surface area contributed by atoms with Gasteiger partial charge in [-0.2, -0.15) is 0 Å². The summed E-state index contributed by atoms with van der Waals surface area (Å²) in [6, 6.07) is 0. The summed E-state index contributed by atoms with van der Waals surface area (Å²) < 4.78 is 0. The Morgan fingerprint density at radius 2 is 1.80 bits per heavy atom. The Hall–Kier alpha value is -0.0400. The topological polar surface area (TPSA) is 12.0 Å². The zero-order valence-corrected chi connectivity index (χ0v) is 7.49. The van der Waals surface area contributed by atoms with E-state index < -0.39 is 0 Å². The van der Waals surface area contributed by atoms with Crippen molar-refractivity contribution in [3.8, 4) is 0 Å². The van der Waals surface area contributed by atoms with Crippen LogP contribution in [-0.4, -0.2) is 11.1 Å². The largest absolute Gasteiger partial charge is 0.307 e. The van der Waals surface area contributed by atoms with E-state index in [1.165, 1.54) is 12.8 Å². The highest BCUT2D eigenvalue weighted by Gasteiger charge is 2.31. The smallest absolute Gasteiger partial charge is 0.0161 e. The summed E-state index contributed by atoms with van der Waals surface area (Å²) in [6.45, 7) is 8.99. The quantitative estimate of drug-likeness (QED) is 0.543. The second kappa shape index (κ2) is 2.23. The molecule has 1 aliphatic heterocycles. The van der Waals surface area contributed by atoms with Gasteiger partial charge in [-0.05, 0) is 47.0 Å². The van der Waals surface area contributed by atoms with E-state index in [4.69, 9.17) is 0 Å². The van der Waals surface area contributed by atoms with E-state index in [1.54, 1.807) is 0 Å². The first kappa shape index (κ1) is 8.06. The molecular formula is C9H18N. The van der Waals surface area contributed by atoms with Crippen molar-refractivity contribution in [1.29, 1.82) is 0 Å². The maximum absolute atomic E-state index is 3.58. The van der Waals surface area contributed by atoms with Crippen molar-refractivity contribution in [2.45, 2.75) is 51.6 Å². The third kappa shape index (κ3) is 1.98. The summed E-state index contributed by atoms with van der Waals surface area (Å²) >= 11 is 0. The van der Waals surface area contributed by atoms with E-state index in [2.05, 4.69) is 39.4 Å². The van der Waals surface area contributed by atoms with E-state index >= 15 is 0 Å². The van der Waals surface area contributed by atoms with Crippen LogP contribution in [0.5, 0.6) is 0 Å². The molecule has 1 radical (unpaired) electrons. The van der Waals surface area contributed by atoms with Crippen molar-refractivity contribution in [2.75, 3.05) is 0 Å². The van der Waals surface area contributed by atoms with Crippen LogP contribution < -0.4 is 5.32 Å². The van der Waals surface area contributed by atoms with Crippen LogP contribution in [0, 0.1) is 6.42 Å². The molecule has 59 valence electrons. The van der Waals surface area contributed by atoms with Gasteiger partial charge in [-0.1, -0.05) is 0 Å². The fourth-order valence-electron chi connectivity index (χ4n) is 1.78. The zero-order valence-electron chi connectivity index (χ0n) is 7.49. The molecular weight excluding hydrogens is 122 g/mol. The Kier molecular flexibility index (Phi) is 1.80. The molecule has 0 aromatic heterocycles. The highest BCUT2D eigenvalue weighted by Crippen LogP contribution is 2.26. The highest BCUT2D eigenvalue weighted by atomic mass is 15.0. The third-order valence-electron chi connectivity index (χ3n) is 2.08. The van der Waals surface area contributed by atoms with E-state index in [-0.39, 0.29) is 5.54 Å². The maximum Gasteiger partial charge on any atom is 0.0161 e. The third-order valence-corrected chi connectivity index (χ3v) is 2.08. The van der Waals surface area contributed by atoms with Gasteiger partial charge in [-0.25, -0.2) is 0 Å². The lowest BCUT2D eigenvalue weighted by Gasteiger charge is -2.42. The van der Waals surface area contributed by atoms with E-state index in [0.717, 1.165) is 0 Å². The second-order valence-corrected chi connectivity index (χ2v) is 4.47. The van der Waals surface area contributed by atoms with Gasteiger partial charge in [0, 0.05) is 11.1 Å². The minimum Gasteiger partial charge on any atom is -0.307 e. The first-order chi connectivity index (χ1) is 4.41. The molecule has 1 N–H and O–H groups in total. The van der Waals surface area contributed by atoms with Crippen molar-refractivity contribution < 1.29 is 0 Å². The molecule has 1 saturated heterocycles. The maximum atomic E-state index is 3.58. The molecule has 0 spiro atoms. The van der Waals surface area contributed by atoms with Crippen LogP contribution in [0.25, 0.3) is 0 Å². The van der Waals surface area contributed by atoms with Gasteiger partial charge in [0.05, 0.1) is 0 Å². The van der Waals surface area contributed by atoms with Gasteiger partial charge in [-0.15, -0.1) is 0 Å². The molecule has 1 rings (SSSR count). The van der Waals surface area contributed by atoms with Crippen molar-refractivity contribution in [3.05, 3.63) is 6.42 Å². The Balaban J connectivity index is 2.56. The van der Waals surface area contributed by atoms with E-state index in [0.29, 0.717) is 5.54 Å². The number of nitrogens with one attached hydrogen (secondary N) is 1. The summed E-state index contributed by atoms with van der Waals surface area (Å²) in [4.78, 5) is 0. The van der Waals surface area contributed by atoms with Crippen LogP contribution >= 0.6 is 0 Å². The highest BCUT2D eigenvalue weighted by molar-refractivity contribution is 5.03. The molecule has 0 amide bonds. The lowest BCUT2D eigenvalue weighted by atomic mass is 9.83. The van der Waals surface area contributed by atoms with E-state index in [9.17, 15) is 0 Å². The Morgan fingerprint density at radius 3 is 2.10 bits per heavy atom. The molecule has 0 unspecified atom stereocenters. The minimum absolute atomic E-state index is 0.238. The fourth-order valence-corrected chi connectivity index (χ4v) is 1.78. The molecule has 0 saturated carbocycles. The summed E-state index contributed by atoms with van der Waals surface area (Å²) in [5, 5.41) is 3.58. The lowest BCUT2D eigenvalue weighted by molar-refractivity contribution is 0.233. The molecule has 0 aromatic rings. The van der Waals surface area contributed by atoms with E-state index in [1.807, 2.05) is 0 Å². The van der Waals surface area contributed by atoms with Crippen molar-refractivity contribution in [1.82, 2.24) is 5.32 Å². The molecule has 1 heteroatoms. The average Bonchev–Trinajstić information content (AvgIpc) is 1.56. The molecule has 0 aliphatic carbocycles. The van der Waals surface area contributed by atoms with Gasteiger partial charge in [-0.3, -0.25) is 0 Å². The number of hydrogen-bond acceptors (Lipinski definition) is 1. The predicted molar refractivity (Wildman–Crippen MR) is 44.8 cm³/mol. The molecule has 1 nitrogen and oxygen atoms in total. The number of hydrogen-bond donors (Lipinski definition) is 1. The summed E-state index contributed by atoms with van der Waals surface area (Å²) in [6.07, 6.45) is 4.86. The van der Waals surface area contributed by atoms with Gasteiger partial charge >= 0.3 is 0 Å². The summed E-state index contributed by atoms with van der Waals surface area (Å²) in [5.74, 6) is 0. The fraction of sp³-hybridized carbons (Fsp3) is 0.889. The Morgan fingerprint density at radius 1 is 1.20 bits per heavy atom. The first-order valence-corrected chi connectivity index (χ1v) is 4.05. The molecule has 1 fully saturated rings. The second-order valence-electron chi connectivity index (χ2n) is 4.47. The minimum atomic E-state index is 0.238. The summed E-state index contributed by atoms with van der Waals surface area (Å²) in [5.41, 5.74) is 0.569. The molecule has 0 bridgehead atoms. The van der Waals surface area contributed by atoms with Crippen molar-refractivity contribution >= 4 is 0 Å². The monoisotopic (exact) mass is 140 g/mol. The van der Waals surface area contributed by atoms with Gasteiger partial charge in [0.2, 0.25) is 0 Å². The van der Waals surface area contributed by atoms with Gasteiger partial charge in [0.15, 0.2) is 0 Å². The van der Waals surface area contributed by atoms with Crippen LogP contribution in [0.3, 0.4) is 0 Å². The molecule has 1 aliphatic rings. The SMILES string of the molecule is CC1(C)[CH]CCC(C)(C)N1. The number of rotatable bonds is 0. The van der Waals surface area contributed by atoms with Crippen molar-refractivity contribution in [2.24, 2.45) is 0 Å². The normalized spacial score (nSPS) is 30.0. The average molecular weight is 140 g/mol. The first-order valence-electron chi connectivity index (χ1n) is 4.05. The van der Waals surface area contributed by atoms with Gasteiger partial charge in [0.25, 0.3) is 0 Å². The van der Waals surface area contributed by atoms with Crippen LogP contribution in [0.2, 0.25) is 0 Å². The van der Waals surface area contributed by atoms with Crippen molar-refractivity contribution in [3.63, 3.8) is 0 Å².